The van der Waals surface area contributed by atoms with Crippen molar-refractivity contribution in [3.05, 3.63) is 94.5 Å². The number of benzene rings is 3. The van der Waals surface area contributed by atoms with Gasteiger partial charge in [-0.25, -0.2) is 9.59 Å². The van der Waals surface area contributed by atoms with Crippen molar-refractivity contribution in [3.8, 4) is 11.1 Å². The second-order valence-corrected chi connectivity index (χ2v) is 7.93. The molecule has 0 heterocycles. The van der Waals surface area contributed by atoms with E-state index in [2.05, 4.69) is 5.32 Å². The third-order valence-electron chi connectivity index (χ3n) is 5.47. The zero-order chi connectivity index (χ0) is 22.7. The first-order chi connectivity index (χ1) is 15.4. The molecule has 0 bridgehead atoms. The number of carbonyl (C=O) groups excluding carboxylic acids is 2. The number of amides is 1. The van der Waals surface area contributed by atoms with Gasteiger partial charge in [-0.15, -0.1) is 0 Å². The lowest BCUT2D eigenvalue weighted by Gasteiger charge is -2.17. The molecule has 162 valence electrons. The SMILES string of the molecule is O=C(NC(CC(=O)c1cccc(Cl)c1)C(=O)O)OCC1c2ccccc2-c2ccccc21. The van der Waals surface area contributed by atoms with Crippen molar-refractivity contribution in [1.29, 1.82) is 0 Å². The number of fused-ring (bicyclic) bond motifs is 3. The van der Waals surface area contributed by atoms with E-state index in [-0.39, 0.29) is 18.1 Å². The van der Waals surface area contributed by atoms with E-state index >= 15 is 0 Å². The molecule has 0 aliphatic heterocycles. The number of ether oxygens (including phenoxy) is 1. The first-order valence-electron chi connectivity index (χ1n) is 10.1. The van der Waals surface area contributed by atoms with Crippen molar-refractivity contribution in [3.63, 3.8) is 0 Å². The molecule has 1 amide bonds. The number of aliphatic carboxylic acids is 1. The highest BCUT2D eigenvalue weighted by molar-refractivity contribution is 6.31. The minimum Gasteiger partial charge on any atom is -0.480 e. The van der Waals surface area contributed by atoms with Crippen molar-refractivity contribution in [2.75, 3.05) is 6.61 Å². The third-order valence-corrected chi connectivity index (χ3v) is 5.71. The molecule has 4 rings (SSSR count). The Morgan fingerprint density at radius 2 is 1.56 bits per heavy atom. The summed E-state index contributed by atoms with van der Waals surface area (Å²) in [4.78, 5) is 36.4. The fourth-order valence-electron chi connectivity index (χ4n) is 3.95. The van der Waals surface area contributed by atoms with Gasteiger partial charge in [-0.2, -0.15) is 0 Å². The number of nitrogens with one attached hydrogen (secondary N) is 1. The maximum Gasteiger partial charge on any atom is 0.407 e. The van der Waals surface area contributed by atoms with E-state index in [0.29, 0.717) is 5.02 Å². The first-order valence-corrected chi connectivity index (χ1v) is 10.4. The molecule has 1 aliphatic rings. The van der Waals surface area contributed by atoms with E-state index in [1.54, 1.807) is 18.2 Å². The molecule has 3 aromatic carbocycles. The molecule has 6 nitrogen and oxygen atoms in total. The largest absolute Gasteiger partial charge is 0.480 e. The minimum absolute atomic E-state index is 0.0500. The van der Waals surface area contributed by atoms with E-state index in [4.69, 9.17) is 16.3 Å². The van der Waals surface area contributed by atoms with Crippen LogP contribution in [0.15, 0.2) is 72.8 Å². The molecule has 0 spiro atoms. The number of ketones is 1. The molecule has 1 atom stereocenters. The number of rotatable bonds is 7. The number of alkyl carbamates (subject to hydrolysis) is 1. The van der Waals surface area contributed by atoms with Gasteiger partial charge in [-0.3, -0.25) is 4.79 Å². The standard InChI is InChI=1S/C25H20ClNO5/c26-16-7-5-6-15(12-16)23(28)13-22(24(29)30)27-25(31)32-14-21-19-10-3-1-8-17(19)18-9-2-4-11-20(18)21/h1-12,21-22H,13-14H2,(H,27,31)(H,29,30). The molecule has 3 aromatic rings. The zero-order valence-electron chi connectivity index (χ0n) is 17.0. The van der Waals surface area contributed by atoms with Gasteiger partial charge in [0.1, 0.15) is 12.6 Å². The van der Waals surface area contributed by atoms with E-state index in [9.17, 15) is 19.5 Å². The number of carbonyl (C=O) groups is 3. The van der Waals surface area contributed by atoms with Gasteiger partial charge < -0.3 is 15.2 Å². The molecule has 0 aromatic heterocycles. The van der Waals surface area contributed by atoms with Crippen molar-refractivity contribution >= 4 is 29.4 Å². The number of hydrogen-bond acceptors (Lipinski definition) is 4. The van der Waals surface area contributed by atoms with Crippen LogP contribution in [0.25, 0.3) is 11.1 Å². The van der Waals surface area contributed by atoms with Crippen molar-refractivity contribution in [2.45, 2.75) is 18.4 Å². The molecule has 32 heavy (non-hydrogen) atoms. The van der Waals surface area contributed by atoms with Gasteiger partial charge in [0, 0.05) is 22.9 Å². The monoisotopic (exact) mass is 449 g/mol. The Hall–Kier alpha value is -3.64. The quantitative estimate of drug-likeness (QED) is 0.500. The van der Waals surface area contributed by atoms with E-state index in [1.165, 1.54) is 6.07 Å². The van der Waals surface area contributed by atoms with Crippen LogP contribution in [-0.4, -0.2) is 35.6 Å². The van der Waals surface area contributed by atoms with Gasteiger partial charge in [0.15, 0.2) is 5.78 Å². The van der Waals surface area contributed by atoms with Gasteiger partial charge in [0.2, 0.25) is 0 Å². The summed E-state index contributed by atoms with van der Waals surface area (Å²) in [5, 5.41) is 12.1. The fraction of sp³-hybridized carbons (Fsp3) is 0.160. The predicted molar refractivity (Wildman–Crippen MR) is 120 cm³/mol. The lowest BCUT2D eigenvalue weighted by atomic mass is 9.98. The minimum atomic E-state index is -1.42. The Morgan fingerprint density at radius 3 is 2.16 bits per heavy atom. The van der Waals surface area contributed by atoms with E-state index in [1.807, 2.05) is 48.5 Å². The van der Waals surface area contributed by atoms with Gasteiger partial charge >= 0.3 is 12.1 Å². The molecule has 0 saturated carbocycles. The van der Waals surface area contributed by atoms with E-state index in [0.717, 1.165) is 22.3 Å². The third kappa shape index (κ3) is 4.50. The zero-order valence-corrected chi connectivity index (χ0v) is 17.7. The van der Waals surface area contributed by atoms with Crippen LogP contribution in [-0.2, 0) is 9.53 Å². The summed E-state index contributed by atoms with van der Waals surface area (Å²) >= 11 is 5.89. The Kier molecular flexibility index (Phi) is 6.23. The van der Waals surface area contributed by atoms with Crippen LogP contribution in [0.5, 0.6) is 0 Å². The van der Waals surface area contributed by atoms with Gasteiger partial charge in [-0.05, 0) is 34.4 Å². The van der Waals surface area contributed by atoms with Crippen LogP contribution in [0.4, 0.5) is 4.79 Å². The smallest absolute Gasteiger partial charge is 0.407 e. The number of hydrogen-bond donors (Lipinski definition) is 2. The van der Waals surface area contributed by atoms with Crippen LogP contribution < -0.4 is 5.32 Å². The van der Waals surface area contributed by atoms with Crippen LogP contribution in [0.3, 0.4) is 0 Å². The number of carboxylic acids is 1. The lowest BCUT2D eigenvalue weighted by molar-refractivity contribution is -0.139. The number of Topliss-reactive ketones (excluding diaryl/α,β-unsaturated/α-hetero) is 1. The molecule has 0 radical (unpaired) electrons. The van der Waals surface area contributed by atoms with Crippen molar-refractivity contribution in [1.82, 2.24) is 5.32 Å². The highest BCUT2D eigenvalue weighted by Gasteiger charge is 2.30. The maximum absolute atomic E-state index is 12.4. The Labute approximate surface area is 189 Å². The Morgan fingerprint density at radius 1 is 0.938 bits per heavy atom. The van der Waals surface area contributed by atoms with Crippen molar-refractivity contribution < 1.29 is 24.2 Å². The second-order valence-electron chi connectivity index (χ2n) is 7.50. The Bertz CT molecular complexity index is 1150. The lowest BCUT2D eigenvalue weighted by Crippen LogP contribution is -2.42. The molecule has 0 saturated heterocycles. The molecule has 1 aliphatic carbocycles. The molecular weight excluding hydrogens is 430 g/mol. The summed E-state index contributed by atoms with van der Waals surface area (Å²) < 4.78 is 5.38. The average molecular weight is 450 g/mol. The molecule has 7 heteroatoms. The van der Waals surface area contributed by atoms with Crippen LogP contribution >= 0.6 is 11.6 Å². The summed E-state index contributed by atoms with van der Waals surface area (Å²) in [5.41, 5.74) is 4.55. The van der Waals surface area contributed by atoms with Crippen LogP contribution in [0, 0.1) is 0 Å². The van der Waals surface area contributed by atoms with Gasteiger partial charge in [0.05, 0.1) is 0 Å². The normalized spacial score (nSPS) is 13.0. The van der Waals surface area contributed by atoms with E-state index < -0.39 is 30.3 Å². The fourth-order valence-corrected chi connectivity index (χ4v) is 4.14. The summed E-state index contributed by atoms with van der Waals surface area (Å²) in [6.07, 6.45) is -1.31. The molecule has 0 fully saturated rings. The summed E-state index contributed by atoms with van der Waals surface area (Å²) in [5.74, 6) is -1.92. The Balaban J connectivity index is 1.41. The number of halogens is 1. The predicted octanol–water partition coefficient (Wildman–Crippen LogP) is 4.90. The summed E-state index contributed by atoms with van der Waals surface area (Å²) in [7, 11) is 0. The van der Waals surface area contributed by atoms with Crippen LogP contribution in [0.2, 0.25) is 5.02 Å². The topological polar surface area (TPSA) is 92.7 Å². The van der Waals surface area contributed by atoms with Gasteiger partial charge in [0.25, 0.3) is 0 Å². The molecule has 2 N–H and O–H groups in total. The highest BCUT2D eigenvalue weighted by atomic mass is 35.5. The number of carboxylic acid groups (broad SMARTS) is 1. The van der Waals surface area contributed by atoms with Crippen LogP contribution in [0.1, 0.15) is 33.8 Å². The second kappa shape index (κ2) is 9.24. The highest BCUT2D eigenvalue weighted by Crippen LogP contribution is 2.44. The molecular formula is C25H20ClNO5. The van der Waals surface area contributed by atoms with Crippen molar-refractivity contribution in [2.24, 2.45) is 0 Å². The average Bonchev–Trinajstić information content (AvgIpc) is 3.11. The maximum atomic E-state index is 12.4. The summed E-state index contributed by atoms with van der Waals surface area (Å²) in [6.45, 7) is 0.0500. The summed E-state index contributed by atoms with van der Waals surface area (Å²) in [6, 6.07) is 20.6. The first kappa shape index (κ1) is 21.6. The molecule has 1 unspecified atom stereocenters. The van der Waals surface area contributed by atoms with Gasteiger partial charge in [-0.1, -0.05) is 72.3 Å².